The van der Waals surface area contributed by atoms with Gasteiger partial charge in [0, 0.05) is 23.4 Å². The van der Waals surface area contributed by atoms with E-state index in [-0.39, 0.29) is 18.1 Å². The highest BCUT2D eigenvalue weighted by atomic mass is 16.1. The summed E-state index contributed by atoms with van der Waals surface area (Å²) in [5.41, 5.74) is 1.28. The van der Waals surface area contributed by atoms with E-state index < -0.39 is 0 Å². The lowest BCUT2D eigenvalue weighted by Gasteiger charge is -2.02. The Morgan fingerprint density at radius 1 is 0.792 bits per heavy atom. The predicted octanol–water partition coefficient (Wildman–Crippen LogP) is 4.01. The number of benzene rings is 3. The lowest BCUT2D eigenvalue weighted by atomic mass is 10.0. The third kappa shape index (κ3) is 3.76. The van der Waals surface area contributed by atoms with E-state index in [1.807, 2.05) is 60.7 Å². The second-order valence-corrected chi connectivity index (χ2v) is 5.43. The number of hydrogen-bond acceptors (Lipinski definition) is 3. The van der Waals surface area contributed by atoms with Crippen LogP contribution in [0, 0.1) is 0 Å². The van der Waals surface area contributed by atoms with Gasteiger partial charge in [-0.3, -0.25) is 9.59 Å². The molecular weight excluding hydrogens is 298 g/mol. The molecule has 0 aromatic heterocycles. The van der Waals surface area contributed by atoms with Crippen LogP contribution >= 0.6 is 0 Å². The summed E-state index contributed by atoms with van der Waals surface area (Å²) in [5, 5.41) is 5.00. The first-order valence-corrected chi connectivity index (χ1v) is 7.75. The van der Waals surface area contributed by atoms with Crippen LogP contribution in [0.1, 0.15) is 20.7 Å². The maximum atomic E-state index is 12.2. The summed E-state index contributed by atoms with van der Waals surface area (Å²) in [6, 6.07) is 22.6. The number of allylic oxidation sites excluding steroid dienone is 1. The summed E-state index contributed by atoms with van der Waals surface area (Å²) >= 11 is 0. The fourth-order valence-electron chi connectivity index (χ4n) is 2.45. The maximum Gasteiger partial charge on any atom is 0.187 e. The molecule has 0 atom stereocenters. The molecule has 3 aromatic rings. The first-order chi connectivity index (χ1) is 11.7. The van der Waals surface area contributed by atoms with Crippen molar-refractivity contribution in [3.63, 3.8) is 0 Å². The fourth-order valence-corrected chi connectivity index (χ4v) is 2.45. The second kappa shape index (κ2) is 7.38. The van der Waals surface area contributed by atoms with Crippen molar-refractivity contribution in [2.24, 2.45) is 0 Å². The highest BCUT2D eigenvalue weighted by molar-refractivity contribution is 6.06. The summed E-state index contributed by atoms with van der Waals surface area (Å²) in [7, 11) is 0. The van der Waals surface area contributed by atoms with Crippen LogP contribution in [0.5, 0.6) is 0 Å². The van der Waals surface area contributed by atoms with Gasteiger partial charge in [0.25, 0.3) is 0 Å². The van der Waals surface area contributed by atoms with E-state index in [1.165, 1.54) is 12.3 Å². The molecule has 0 saturated heterocycles. The minimum Gasteiger partial charge on any atom is -0.383 e. The summed E-state index contributed by atoms with van der Waals surface area (Å²) in [6.07, 6.45) is 2.97. The predicted molar refractivity (Wildman–Crippen MR) is 96.2 cm³/mol. The number of hydrogen-bond donors (Lipinski definition) is 1. The molecule has 0 aliphatic carbocycles. The van der Waals surface area contributed by atoms with Crippen molar-refractivity contribution in [1.29, 1.82) is 0 Å². The molecule has 3 nitrogen and oxygen atoms in total. The van der Waals surface area contributed by atoms with Gasteiger partial charge in [0.1, 0.15) is 0 Å². The van der Waals surface area contributed by atoms with E-state index in [9.17, 15) is 9.59 Å². The minimum absolute atomic E-state index is 0.0154. The number of fused-ring (bicyclic) bond motifs is 1. The SMILES string of the molecule is O=C(/C=C\NCC(=O)c1ccccc1)c1ccc2ccccc2c1. The van der Waals surface area contributed by atoms with Crippen LogP contribution in [0.2, 0.25) is 0 Å². The molecule has 3 rings (SSSR count). The van der Waals surface area contributed by atoms with Crippen molar-refractivity contribution in [2.45, 2.75) is 0 Å². The molecule has 24 heavy (non-hydrogen) atoms. The van der Waals surface area contributed by atoms with E-state index in [1.54, 1.807) is 12.1 Å². The molecule has 118 valence electrons. The van der Waals surface area contributed by atoms with Gasteiger partial charge >= 0.3 is 0 Å². The van der Waals surface area contributed by atoms with Gasteiger partial charge in [0.2, 0.25) is 0 Å². The molecule has 0 heterocycles. The van der Waals surface area contributed by atoms with Crippen molar-refractivity contribution in [3.8, 4) is 0 Å². The Labute approximate surface area is 140 Å². The maximum absolute atomic E-state index is 12.2. The van der Waals surface area contributed by atoms with Gasteiger partial charge in [-0.15, -0.1) is 0 Å². The van der Waals surface area contributed by atoms with Crippen molar-refractivity contribution in [1.82, 2.24) is 5.32 Å². The molecule has 3 aromatic carbocycles. The van der Waals surface area contributed by atoms with Gasteiger partial charge in [0.15, 0.2) is 11.6 Å². The quantitative estimate of drug-likeness (QED) is 0.552. The number of carbonyl (C=O) groups excluding carboxylic acids is 2. The van der Waals surface area contributed by atoms with Crippen molar-refractivity contribution in [2.75, 3.05) is 6.54 Å². The van der Waals surface area contributed by atoms with Gasteiger partial charge in [-0.05, 0) is 16.8 Å². The molecule has 3 heteroatoms. The minimum atomic E-state index is -0.0968. The van der Waals surface area contributed by atoms with Crippen LogP contribution in [0.3, 0.4) is 0 Å². The monoisotopic (exact) mass is 315 g/mol. The number of ketones is 2. The Kier molecular flexibility index (Phi) is 4.82. The molecule has 0 aliphatic rings. The van der Waals surface area contributed by atoms with Crippen molar-refractivity contribution in [3.05, 3.63) is 96.2 Å². The normalized spacial score (nSPS) is 10.8. The molecule has 0 radical (unpaired) electrons. The molecule has 0 aliphatic heterocycles. The Morgan fingerprint density at radius 2 is 1.50 bits per heavy atom. The summed E-state index contributed by atoms with van der Waals surface area (Å²) in [5.74, 6) is -0.112. The van der Waals surface area contributed by atoms with E-state index in [2.05, 4.69) is 5.32 Å². The fraction of sp³-hybridized carbons (Fsp3) is 0.0476. The van der Waals surface area contributed by atoms with Crippen LogP contribution in [-0.4, -0.2) is 18.1 Å². The first kappa shape index (κ1) is 15.7. The zero-order chi connectivity index (χ0) is 16.8. The largest absolute Gasteiger partial charge is 0.383 e. The van der Waals surface area contributed by atoms with E-state index in [0.29, 0.717) is 11.1 Å². The van der Waals surface area contributed by atoms with Gasteiger partial charge in [-0.1, -0.05) is 66.7 Å². The van der Waals surface area contributed by atoms with E-state index in [0.717, 1.165) is 10.8 Å². The molecule has 0 bridgehead atoms. The average molecular weight is 315 g/mol. The lowest BCUT2D eigenvalue weighted by molar-refractivity contribution is 0.0992. The van der Waals surface area contributed by atoms with Crippen LogP contribution < -0.4 is 5.32 Å². The Hall–Kier alpha value is -3.20. The smallest absolute Gasteiger partial charge is 0.187 e. The van der Waals surface area contributed by atoms with E-state index in [4.69, 9.17) is 0 Å². The van der Waals surface area contributed by atoms with Crippen molar-refractivity contribution < 1.29 is 9.59 Å². The zero-order valence-electron chi connectivity index (χ0n) is 13.1. The lowest BCUT2D eigenvalue weighted by Crippen LogP contribution is -2.18. The van der Waals surface area contributed by atoms with Crippen LogP contribution in [0.25, 0.3) is 10.8 Å². The van der Waals surface area contributed by atoms with Gasteiger partial charge in [-0.2, -0.15) is 0 Å². The Morgan fingerprint density at radius 3 is 2.29 bits per heavy atom. The molecule has 0 amide bonds. The standard InChI is InChI=1S/C21H17NO2/c23-20(19-11-10-16-6-4-5-9-18(16)14-19)12-13-22-15-21(24)17-7-2-1-3-8-17/h1-14,22H,15H2/b13-12-. The second-order valence-electron chi connectivity index (χ2n) is 5.43. The highest BCUT2D eigenvalue weighted by Crippen LogP contribution is 2.16. The molecule has 0 fully saturated rings. The third-order valence-corrected chi connectivity index (χ3v) is 3.74. The van der Waals surface area contributed by atoms with Gasteiger partial charge < -0.3 is 5.32 Å². The summed E-state index contributed by atoms with van der Waals surface area (Å²) < 4.78 is 0. The molecule has 1 N–H and O–H groups in total. The van der Waals surface area contributed by atoms with E-state index >= 15 is 0 Å². The average Bonchev–Trinajstić information content (AvgIpc) is 2.65. The molecule has 0 saturated carbocycles. The number of nitrogens with one attached hydrogen (secondary N) is 1. The third-order valence-electron chi connectivity index (χ3n) is 3.74. The highest BCUT2D eigenvalue weighted by Gasteiger charge is 2.04. The topological polar surface area (TPSA) is 46.2 Å². The van der Waals surface area contributed by atoms with Crippen LogP contribution in [-0.2, 0) is 0 Å². The molecular formula is C21H17NO2. The van der Waals surface area contributed by atoms with Gasteiger partial charge in [0.05, 0.1) is 6.54 Å². The molecule has 0 spiro atoms. The van der Waals surface area contributed by atoms with Gasteiger partial charge in [-0.25, -0.2) is 0 Å². The number of carbonyl (C=O) groups is 2. The zero-order valence-corrected chi connectivity index (χ0v) is 13.1. The molecule has 0 unspecified atom stereocenters. The van der Waals surface area contributed by atoms with Crippen LogP contribution in [0.15, 0.2) is 85.1 Å². The van der Waals surface area contributed by atoms with Crippen molar-refractivity contribution >= 4 is 22.3 Å². The Balaban J connectivity index is 1.59. The summed E-state index contributed by atoms with van der Waals surface area (Å²) in [4.78, 5) is 24.1. The number of Topliss-reactive ketones (excluding diaryl/α,β-unsaturated/α-hetero) is 1. The van der Waals surface area contributed by atoms with Crippen LogP contribution in [0.4, 0.5) is 0 Å². The first-order valence-electron chi connectivity index (χ1n) is 7.75. The summed E-state index contributed by atoms with van der Waals surface area (Å²) in [6.45, 7) is 0.158. The Bertz CT molecular complexity index is 898. The number of rotatable bonds is 6.